The second kappa shape index (κ2) is 7.74. The van der Waals surface area contributed by atoms with Crippen molar-refractivity contribution in [1.82, 2.24) is 9.97 Å². The van der Waals surface area contributed by atoms with Gasteiger partial charge in [0.05, 0.1) is 23.5 Å². The second-order valence-electron chi connectivity index (χ2n) is 5.82. The van der Waals surface area contributed by atoms with Gasteiger partial charge in [-0.3, -0.25) is 4.79 Å². The van der Waals surface area contributed by atoms with E-state index in [-0.39, 0.29) is 24.2 Å². The van der Waals surface area contributed by atoms with E-state index in [1.807, 2.05) is 30.3 Å². The Morgan fingerprint density at radius 3 is 2.23 bits per heavy atom. The fourth-order valence-electron chi connectivity index (χ4n) is 2.48. The van der Waals surface area contributed by atoms with E-state index < -0.39 is 0 Å². The summed E-state index contributed by atoms with van der Waals surface area (Å²) >= 11 is 0. The third-order valence-corrected chi connectivity index (χ3v) is 3.75. The minimum Gasteiger partial charge on any atom is -0.424 e. The molecular weight excluding hydrogens is 333 g/mol. The summed E-state index contributed by atoms with van der Waals surface area (Å²) < 4.78 is 18.6. The van der Waals surface area contributed by atoms with Crippen LogP contribution in [0.15, 0.2) is 54.6 Å². The number of carbonyl (C=O) groups excluding carboxylic acids is 1. The Bertz CT molecular complexity index is 889. The molecule has 0 saturated carbocycles. The van der Waals surface area contributed by atoms with Gasteiger partial charge < -0.3 is 10.1 Å². The van der Waals surface area contributed by atoms with Gasteiger partial charge in [-0.2, -0.15) is 9.97 Å². The highest BCUT2D eigenvalue weighted by Gasteiger charge is 2.13. The van der Waals surface area contributed by atoms with Crippen LogP contribution in [0.4, 0.5) is 10.1 Å². The first-order chi connectivity index (χ1) is 12.5. The van der Waals surface area contributed by atoms with E-state index in [0.717, 1.165) is 5.56 Å². The summed E-state index contributed by atoms with van der Waals surface area (Å²) in [6.45, 7) is 3.56. The number of benzene rings is 2. The first-order valence-corrected chi connectivity index (χ1v) is 8.13. The smallest absolute Gasteiger partial charge is 0.322 e. The number of aromatic nitrogens is 2. The number of aryl methyl sites for hydroxylation is 2. The molecule has 0 aliphatic carbocycles. The molecule has 3 rings (SSSR count). The maximum absolute atomic E-state index is 12.9. The van der Waals surface area contributed by atoms with Gasteiger partial charge >= 0.3 is 6.01 Å². The lowest BCUT2D eigenvalue weighted by molar-refractivity contribution is -0.115. The van der Waals surface area contributed by atoms with Gasteiger partial charge in [-0.1, -0.05) is 30.3 Å². The Kier molecular flexibility index (Phi) is 5.22. The fraction of sp³-hybridized carbons (Fsp3) is 0.150. The van der Waals surface area contributed by atoms with Crippen LogP contribution < -0.4 is 10.1 Å². The number of carbonyl (C=O) groups is 1. The third kappa shape index (κ3) is 4.42. The molecule has 1 amide bonds. The van der Waals surface area contributed by atoms with Crippen LogP contribution in [0.1, 0.15) is 17.0 Å². The average molecular weight is 351 g/mol. The van der Waals surface area contributed by atoms with Crippen molar-refractivity contribution < 1.29 is 13.9 Å². The van der Waals surface area contributed by atoms with Crippen molar-refractivity contribution in [2.24, 2.45) is 0 Å². The molecule has 3 aromatic rings. The van der Waals surface area contributed by atoms with Crippen molar-refractivity contribution in [3.63, 3.8) is 0 Å². The Morgan fingerprint density at radius 2 is 1.62 bits per heavy atom. The third-order valence-electron chi connectivity index (χ3n) is 3.75. The van der Waals surface area contributed by atoms with Gasteiger partial charge in [-0.25, -0.2) is 4.39 Å². The van der Waals surface area contributed by atoms with Gasteiger partial charge in [0.2, 0.25) is 5.91 Å². The molecule has 2 aromatic carbocycles. The number of hydrogen-bond acceptors (Lipinski definition) is 4. The Morgan fingerprint density at radius 1 is 1.00 bits per heavy atom. The van der Waals surface area contributed by atoms with Gasteiger partial charge in [0, 0.05) is 0 Å². The van der Waals surface area contributed by atoms with E-state index in [4.69, 9.17) is 4.74 Å². The van der Waals surface area contributed by atoms with Crippen LogP contribution in [0, 0.1) is 19.7 Å². The summed E-state index contributed by atoms with van der Waals surface area (Å²) in [7, 11) is 0. The second-order valence-corrected chi connectivity index (χ2v) is 5.82. The Balaban J connectivity index is 1.71. The molecule has 0 radical (unpaired) electrons. The van der Waals surface area contributed by atoms with Crippen LogP contribution in [0.25, 0.3) is 0 Å². The van der Waals surface area contributed by atoms with E-state index in [2.05, 4.69) is 15.3 Å². The Labute approximate surface area is 150 Å². The van der Waals surface area contributed by atoms with Crippen molar-refractivity contribution in [1.29, 1.82) is 0 Å². The molecule has 1 heterocycles. The Hall–Kier alpha value is -3.28. The zero-order valence-corrected chi connectivity index (χ0v) is 14.5. The predicted molar refractivity (Wildman–Crippen MR) is 96.8 cm³/mol. The summed E-state index contributed by atoms with van der Waals surface area (Å²) in [5.74, 6) is 0.0887. The lowest BCUT2D eigenvalue weighted by atomic mass is 10.1. The molecule has 1 N–H and O–H groups in total. The highest BCUT2D eigenvalue weighted by molar-refractivity contribution is 5.93. The van der Waals surface area contributed by atoms with Crippen LogP contribution in [0.2, 0.25) is 0 Å². The topological polar surface area (TPSA) is 64.1 Å². The van der Waals surface area contributed by atoms with Crippen molar-refractivity contribution in [2.75, 3.05) is 5.32 Å². The maximum atomic E-state index is 12.9. The summed E-state index contributed by atoms with van der Waals surface area (Å²) in [5.41, 5.74) is 2.49. The van der Waals surface area contributed by atoms with Crippen molar-refractivity contribution in [2.45, 2.75) is 20.3 Å². The summed E-state index contributed by atoms with van der Waals surface area (Å²) in [5, 5.41) is 2.82. The first-order valence-electron chi connectivity index (χ1n) is 8.13. The fourth-order valence-corrected chi connectivity index (χ4v) is 2.48. The van der Waals surface area contributed by atoms with Crippen LogP contribution >= 0.6 is 0 Å². The molecule has 0 unspecified atom stereocenters. The quantitative estimate of drug-likeness (QED) is 0.748. The number of ether oxygens (including phenoxy) is 1. The van der Waals surface area contributed by atoms with Gasteiger partial charge in [-0.15, -0.1) is 0 Å². The van der Waals surface area contributed by atoms with E-state index in [1.165, 1.54) is 12.1 Å². The van der Waals surface area contributed by atoms with E-state index >= 15 is 0 Å². The molecule has 26 heavy (non-hydrogen) atoms. The van der Waals surface area contributed by atoms with Gasteiger partial charge in [0.15, 0.2) is 0 Å². The lowest BCUT2D eigenvalue weighted by Gasteiger charge is -2.12. The number of nitrogens with one attached hydrogen (secondary N) is 1. The minimum absolute atomic E-state index is 0.140. The molecule has 0 spiro atoms. The summed E-state index contributed by atoms with van der Waals surface area (Å²) in [6, 6.07) is 15.3. The van der Waals surface area contributed by atoms with Gasteiger partial charge in [0.1, 0.15) is 11.6 Å². The van der Waals surface area contributed by atoms with E-state index in [1.54, 1.807) is 26.0 Å². The molecule has 0 aliphatic heterocycles. The highest BCUT2D eigenvalue weighted by atomic mass is 19.1. The monoisotopic (exact) mass is 351 g/mol. The molecule has 132 valence electrons. The van der Waals surface area contributed by atoms with Crippen molar-refractivity contribution in [3.05, 3.63) is 77.4 Å². The normalized spacial score (nSPS) is 10.4. The zero-order chi connectivity index (χ0) is 18.5. The summed E-state index contributed by atoms with van der Waals surface area (Å²) in [6.07, 6.45) is 0.140. The molecule has 0 bridgehead atoms. The maximum Gasteiger partial charge on any atom is 0.322 e. The van der Waals surface area contributed by atoms with E-state index in [0.29, 0.717) is 22.8 Å². The van der Waals surface area contributed by atoms with Gasteiger partial charge in [-0.05, 0) is 43.7 Å². The SMILES string of the molecule is Cc1nc(Oc2ccccc2)nc(C)c1NC(=O)Cc1ccc(F)cc1. The number of amides is 1. The number of para-hydroxylation sites is 1. The molecule has 6 heteroatoms. The molecule has 0 fully saturated rings. The highest BCUT2D eigenvalue weighted by Crippen LogP contribution is 2.23. The number of anilines is 1. The number of halogens is 1. The lowest BCUT2D eigenvalue weighted by Crippen LogP contribution is -2.17. The molecule has 0 atom stereocenters. The van der Waals surface area contributed by atoms with Gasteiger partial charge in [0.25, 0.3) is 0 Å². The van der Waals surface area contributed by atoms with Crippen LogP contribution in [0.5, 0.6) is 11.8 Å². The largest absolute Gasteiger partial charge is 0.424 e. The number of rotatable bonds is 5. The van der Waals surface area contributed by atoms with E-state index in [9.17, 15) is 9.18 Å². The van der Waals surface area contributed by atoms with Crippen LogP contribution in [0.3, 0.4) is 0 Å². The first kappa shape index (κ1) is 17.5. The predicted octanol–water partition coefficient (Wildman–Crippen LogP) is 4.21. The molecule has 0 aliphatic rings. The molecule has 5 nitrogen and oxygen atoms in total. The van der Waals surface area contributed by atoms with Crippen molar-refractivity contribution >= 4 is 11.6 Å². The summed E-state index contributed by atoms with van der Waals surface area (Å²) in [4.78, 5) is 20.9. The van der Waals surface area contributed by atoms with Crippen molar-refractivity contribution in [3.8, 4) is 11.8 Å². The average Bonchev–Trinajstić information content (AvgIpc) is 2.61. The van der Waals surface area contributed by atoms with Crippen LogP contribution in [-0.2, 0) is 11.2 Å². The molecular formula is C20H18FN3O2. The standard InChI is InChI=1S/C20H18FN3O2/c1-13-19(24-18(25)12-15-8-10-16(21)11-9-15)14(2)23-20(22-13)26-17-6-4-3-5-7-17/h3-11H,12H2,1-2H3,(H,24,25). The molecule has 1 aromatic heterocycles. The minimum atomic E-state index is -0.330. The number of hydrogen-bond donors (Lipinski definition) is 1. The van der Waals surface area contributed by atoms with Crippen LogP contribution in [-0.4, -0.2) is 15.9 Å². The molecule has 0 saturated heterocycles. The number of nitrogens with zero attached hydrogens (tertiary/aromatic N) is 2. The zero-order valence-electron chi connectivity index (χ0n) is 14.5.